The van der Waals surface area contributed by atoms with E-state index >= 15 is 0 Å². The van der Waals surface area contributed by atoms with Crippen LogP contribution in [0.5, 0.6) is 0 Å². The molecule has 12 heteroatoms. The number of H-pyrrole nitrogens is 1. The number of carbonyl (C=O) groups excluding carboxylic acids is 1. The van der Waals surface area contributed by atoms with Crippen LogP contribution in [-0.4, -0.2) is 27.4 Å². The van der Waals surface area contributed by atoms with Gasteiger partial charge in [-0.1, -0.05) is 11.6 Å². The molecule has 0 aliphatic rings. The highest BCUT2D eigenvalue weighted by atomic mass is 35.5. The minimum Gasteiger partial charge on any atom is -0.465 e. The van der Waals surface area contributed by atoms with Crippen LogP contribution in [0.2, 0.25) is 5.02 Å². The van der Waals surface area contributed by atoms with Gasteiger partial charge in [0.05, 0.1) is 17.3 Å². The summed E-state index contributed by atoms with van der Waals surface area (Å²) in [5.74, 6) is -1.68. The number of hydrogen-bond donors (Lipinski definition) is 1. The number of ether oxygens (including phenoxy) is 1. The summed E-state index contributed by atoms with van der Waals surface area (Å²) in [5, 5.41) is -0.864. The summed E-state index contributed by atoms with van der Waals surface area (Å²) in [6.07, 6.45) is -4.95. The molecule has 152 valence electrons. The summed E-state index contributed by atoms with van der Waals surface area (Å²) >= 11 is 6.82. The van der Waals surface area contributed by atoms with Crippen molar-refractivity contribution in [3.63, 3.8) is 0 Å². The molecule has 2 rings (SSSR count). The van der Waals surface area contributed by atoms with Gasteiger partial charge in [0.25, 0.3) is 5.56 Å². The van der Waals surface area contributed by atoms with E-state index in [1.807, 2.05) is 0 Å². The lowest BCUT2D eigenvalue weighted by atomic mass is 10.3. The van der Waals surface area contributed by atoms with Crippen LogP contribution in [0.1, 0.15) is 19.5 Å². The van der Waals surface area contributed by atoms with E-state index in [2.05, 4.69) is 0 Å². The van der Waals surface area contributed by atoms with Crippen LogP contribution in [-0.2, 0) is 15.7 Å². The molecule has 0 bridgehead atoms. The Kier molecular flexibility index (Phi) is 6.60. The summed E-state index contributed by atoms with van der Waals surface area (Å²) in [7, 11) is 0. The normalized spacial score (nSPS) is 12.7. The zero-order valence-corrected chi connectivity index (χ0v) is 16.0. The van der Waals surface area contributed by atoms with Crippen molar-refractivity contribution in [1.82, 2.24) is 9.55 Å². The number of halogens is 5. The number of hydrogen-bond acceptors (Lipinski definition) is 5. The van der Waals surface area contributed by atoms with E-state index in [0.717, 1.165) is 23.9 Å². The molecule has 1 aromatic carbocycles. The van der Waals surface area contributed by atoms with Gasteiger partial charge in [-0.2, -0.15) is 13.2 Å². The maximum absolute atomic E-state index is 14.3. The van der Waals surface area contributed by atoms with E-state index in [1.54, 1.807) is 6.92 Å². The van der Waals surface area contributed by atoms with Gasteiger partial charge < -0.3 is 9.72 Å². The maximum atomic E-state index is 14.3. The van der Waals surface area contributed by atoms with Crippen molar-refractivity contribution >= 4 is 29.3 Å². The van der Waals surface area contributed by atoms with Crippen LogP contribution in [0.3, 0.4) is 0 Å². The Morgan fingerprint density at radius 3 is 2.50 bits per heavy atom. The highest BCUT2D eigenvalue weighted by molar-refractivity contribution is 8.00. The van der Waals surface area contributed by atoms with Crippen molar-refractivity contribution in [2.24, 2.45) is 0 Å². The van der Waals surface area contributed by atoms with E-state index in [0.29, 0.717) is 0 Å². The Labute approximate surface area is 164 Å². The van der Waals surface area contributed by atoms with Gasteiger partial charge in [0.2, 0.25) is 0 Å². The van der Waals surface area contributed by atoms with Crippen LogP contribution in [0, 0.1) is 5.82 Å². The highest BCUT2D eigenvalue weighted by Gasteiger charge is 2.33. The molecule has 1 N–H and O–H groups in total. The van der Waals surface area contributed by atoms with Crippen LogP contribution in [0.25, 0.3) is 5.69 Å². The third-order valence-electron chi connectivity index (χ3n) is 3.40. The number of carbonyl (C=O) groups is 1. The molecule has 0 fully saturated rings. The fourth-order valence-electron chi connectivity index (χ4n) is 2.15. The Hall–Kier alpha value is -2.27. The SMILES string of the molecule is CCOC(=O)C(C)Sc1cc(-n2c(=O)cc(C(F)(F)F)[nH]c2=O)c(F)cc1Cl. The minimum absolute atomic E-state index is 0.112. The molecule has 1 unspecified atom stereocenters. The van der Waals surface area contributed by atoms with Gasteiger partial charge in [-0.15, -0.1) is 11.8 Å². The number of alkyl halides is 3. The molecule has 0 aliphatic carbocycles. The first-order chi connectivity index (χ1) is 13.0. The van der Waals surface area contributed by atoms with Crippen molar-refractivity contribution in [3.05, 3.63) is 55.6 Å². The third-order valence-corrected chi connectivity index (χ3v) is 4.97. The maximum Gasteiger partial charge on any atom is 0.431 e. The van der Waals surface area contributed by atoms with Gasteiger partial charge >= 0.3 is 17.8 Å². The molecule has 2 aromatic rings. The largest absolute Gasteiger partial charge is 0.465 e. The van der Waals surface area contributed by atoms with Gasteiger partial charge in [-0.05, 0) is 26.0 Å². The Balaban J connectivity index is 2.55. The van der Waals surface area contributed by atoms with Crippen molar-refractivity contribution in [1.29, 1.82) is 0 Å². The number of thioether (sulfide) groups is 1. The Morgan fingerprint density at radius 1 is 1.32 bits per heavy atom. The van der Waals surface area contributed by atoms with Gasteiger partial charge in [0.1, 0.15) is 16.8 Å². The molecule has 0 saturated heterocycles. The van der Waals surface area contributed by atoms with E-state index in [1.165, 1.54) is 11.9 Å². The van der Waals surface area contributed by atoms with Gasteiger partial charge in [-0.25, -0.2) is 13.8 Å². The van der Waals surface area contributed by atoms with E-state index in [9.17, 15) is 31.9 Å². The van der Waals surface area contributed by atoms with Gasteiger partial charge in [-0.3, -0.25) is 9.59 Å². The van der Waals surface area contributed by atoms with Crippen LogP contribution >= 0.6 is 23.4 Å². The average molecular weight is 441 g/mol. The number of aromatic amines is 1. The number of rotatable bonds is 5. The molecule has 0 amide bonds. The average Bonchev–Trinajstić information content (AvgIpc) is 2.57. The number of nitrogens with one attached hydrogen (secondary N) is 1. The van der Waals surface area contributed by atoms with Crippen LogP contribution in [0.15, 0.2) is 32.7 Å². The lowest BCUT2D eigenvalue weighted by Gasteiger charge is -2.14. The zero-order valence-electron chi connectivity index (χ0n) is 14.4. The first-order valence-corrected chi connectivity index (χ1v) is 8.97. The van der Waals surface area contributed by atoms with Crippen LogP contribution in [0.4, 0.5) is 17.6 Å². The monoisotopic (exact) mass is 440 g/mol. The second-order valence-electron chi connectivity index (χ2n) is 5.41. The molecule has 28 heavy (non-hydrogen) atoms. The van der Waals surface area contributed by atoms with E-state index in [-0.39, 0.29) is 27.2 Å². The minimum atomic E-state index is -4.95. The summed E-state index contributed by atoms with van der Waals surface area (Å²) in [4.78, 5) is 37.4. The molecule has 0 aliphatic heterocycles. The zero-order chi connectivity index (χ0) is 21.2. The first-order valence-electron chi connectivity index (χ1n) is 7.72. The summed E-state index contributed by atoms with van der Waals surface area (Å²) in [6, 6.07) is 1.94. The van der Waals surface area contributed by atoms with Crippen LogP contribution < -0.4 is 11.2 Å². The smallest absolute Gasteiger partial charge is 0.431 e. The molecular formula is C16H13ClF4N2O4S. The highest BCUT2D eigenvalue weighted by Crippen LogP contribution is 2.34. The first kappa shape index (κ1) is 22.0. The standard InChI is InChI=1S/C16H13ClF4N2O4S/c1-3-27-14(25)7(2)28-11-5-10(9(18)4-8(11)17)23-13(24)6-12(16(19,20)21)22-15(23)26/h4-7H,3H2,1-2H3,(H,22,26). The quantitative estimate of drug-likeness (QED) is 0.438. The Morgan fingerprint density at radius 2 is 1.96 bits per heavy atom. The van der Waals surface area contributed by atoms with Crippen molar-refractivity contribution < 1.29 is 27.1 Å². The number of esters is 1. The second kappa shape index (κ2) is 8.39. The summed E-state index contributed by atoms with van der Waals surface area (Å²) in [5.41, 5.74) is -5.02. The fourth-order valence-corrected chi connectivity index (χ4v) is 3.33. The molecule has 0 radical (unpaired) electrons. The summed E-state index contributed by atoms with van der Waals surface area (Å²) < 4.78 is 57.5. The molecule has 0 saturated carbocycles. The predicted molar refractivity (Wildman–Crippen MR) is 94.6 cm³/mol. The van der Waals surface area contributed by atoms with Gasteiger partial charge in [0, 0.05) is 11.0 Å². The molecule has 0 spiro atoms. The predicted octanol–water partition coefficient (Wildman–Crippen LogP) is 3.38. The topological polar surface area (TPSA) is 81.2 Å². The van der Waals surface area contributed by atoms with Crippen molar-refractivity contribution in [2.75, 3.05) is 6.61 Å². The Bertz CT molecular complexity index is 988. The van der Waals surface area contributed by atoms with Gasteiger partial charge in [0.15, 0.2) is 0 Å². The number of nitrogens with zero attached hydrogens (tertiary/aromatic N) is 1. The molecule has 1 atom stereocenters. The number of benzene rings is 1. The molecular weight excluding hydrogens is 428 g/mol. The van der Waals surface area contributed by atoms with E-state index < -0.39 is 45.8 Å². The van der Waals surface area contributed by atoms with Crippen molar-refractivity contribution in [3.8, 4) is 5.69 Å². The van der Waals surface area contributed by atoms with E-state index in [4.69, 9.17) is 16.3 Å². The molecule has 6 nitrogen and oxygen atoms in total. The third kappa shape index (κ3) is 4.76. The number of aromatic nitrogens is 2. The lowest BCUT2D eigenvalue weighted by molar-refractivity contribution is -0.142. The summed E-state index contributed by atoms with van der Waals surface area (Å²) in [6.45, 7) is 3.25. The molecule has 1 heterocycles. The lowest BCUT2D eigenvalue weighted by Crippen LogP contribution is -2.36. The van der Waals surface area contributed by atoms with Crippen molar-refractivity contribution in [2.45, 2.75) is 30.2 Å². The molecule has 1 aromatic heterocycles. The second-order valence-corrected chi connectivity index (χ2v) is 7.20. The fraction of sp³-hybridized carbons (Fsp3) is 0.312.